The first-order valence-electron chi connectivity index (χ1n) is 8.45. The molecule has 0 N–H and O–H groups in total. The van der Waals surface area contributed by atoms with E-state index < -0.39 is 23.7 Å². The monoisotopic (exact) mass is 356 g/mol. The third kappa shape index (κ3) is 5.08. The van der Waals surface area contributed by atoms with Gasteiger partial charge in [0.15, 0.2) is 0 Å². The summed E-state index contributed by atoms with van der Waals surface area (Å²) in [5, 5.41) is 0. The van der Waals surface area contributed by atoms with Crippen LogP contribution in [0.2, 0.25) is 0 Å². The minimum atomic E-state index is -5.06. The summed E-state index contributed by atoms with van der Waals surface area (Å²) < 4.78 is 56.8. The van der Waals surface area contributed by atoms with Gasteiger partial charge in [0.25, 0.3) is 11.8 Å². The molecule has 0 radical (unpaired) electrons. The summed E-state index contributed by atoms with van der Waals surface area (Å²) in [5.41, 5.74) is 0. The van der Waals surface area contributed by atoms with Crippen LogP contribution in [0.4, 0.5) is 17.6 Å². The normalized spacial score (nSPS) is 12.2. The smallest absolute Gasteiger partial charge is 0.337 e. The second-order valence-electron chi connectivity index (χ2n) is 5.73. The van der Waals surface area contributed by atoms with Gasteiger partial charge in [-0.05, 0) is 25.7 Å². The zero-order valence-corrected chi connectivity index (χ0v) is 14.9. The predicted molar refractivity (Wildman–Crippen MR) is 84.2 cm³/mol. The molecule has 24 heavy (non-hydrogen) atoms. The molecule has 0 aromatic heterocycles. The molecule has 4 nitrogen and oxygen atoms in total. The highest BCUT2D eigenvalue weighted by atomic mass is 19.3. The molecule has 142 valence electrons. The maximum atomic E-state index is 14.2. The summed E-state index contributed by atoms with van der Waals surface area (Å²) >= 11 is 0. The Morgan fingerprint density at radius 3 is 1.00 bits per heavy atom. The van der Waals surface area contributed by atoms with Crippen LogP contribution in [0.15, 0.2) is 0 Å². The third-order valence-corrected chi connectivity index (χ3v) is 3.48. The number of alkyl halides is 4. The van der Waals surface area contributed by atoms with Gasteiger partial charge < -0.3 is 9.80 Å². The first kappa shape index (κ1) is 22.7. The Kier molecular flexibility index (Phi) is 9.29. The molecule has 2 amide bonds. The van der Waals surface area contributed by atoms with Crippen LogP contribution in [-0.4, -0.2) is 59.6 Å². The Labute approximate surface area is 141 Å². The van der Waals surface area contributed by atoms with Crippen LogP contribution in [0.25, 0.3) is 0 Å². The highest BCUT2D eigenvalue weighted by molar-refractivity contribution is 5.95. The van der Waals surface area contributed by atoms with Gasteiger partial charge >= 0.3 is 11.8 Å². The van der Waals surface area contributed by atoms with Crippen molar-refractivity contribution in [2.75, 3.05) is 26.2 Å². The second-order valence-corrected chi connectivity index (χ2v) is 5.73. The lowest BCUT2D eigenvalue weighted by Crippen LogP contribution is -2.61. The van der Waals surface area contributed by atoms with Crippen molar-refractivity contribution >= 4 is 11.8 Å². The van der Waals surface area contributed by atoms with Crippen LogP contribution >= 0.6 is 0 Å². The van der Waals surface area contributed by atoms with Crippen molar-refractivity contribution in [3.63, 3.8) is 0 Å². The van der Waals surface area contributed by atoms with Crippen molar-refractivity contribution in [2.45, 2.75) is 65.2 Å². The van der Waals surface area contributed by atoms with Crippen LogP contribution in [0.5, 0.6) is 0 Å². The predicted octanol–water partition coefficient (Wildman–Crippen LogP) is 3.55. The highest BCUT2D eigenvalue weighted by Crippen LogP contribution is 2.37. The lowest BCUT2D eigenvalue weighted by molar-refractivity contribution is -0.223. The van der Waals surface area contributed by atoms with E-state index in [4.69, 9.17) is 0 Å². The van der Waals surface area contributed by atoms with Gasteiger partial charge in [0.1, 0.15) is 0 Å². The molecule has 0 heterocycles. The molecule has 0 fully saturated rings. The number of carbonyl (C=O) groups is 2. The van der Waals surface area contributed by atoms with Crippen molar-refractivity contribution in [2.24, 2.45) is 0 Å². The Balaban J connectivity index is 5.52. The Morgan fingerprint density at radius 2 is 0.833 bits per heavy atom. The first-order valence-corrected chi connectivity index (χ1v) is 8.45. The zero-order chi connectivity index (χ0) is 19.0. The fraction of sp³-hybridized carbons (Fsp3) is 0.875. The van der Waals surface area contributed by atoms with E-state index in [1.807, 2.05) is 0 Å². The Morgan fingerprint density at radius 1 is 0.625 bits per heavy atom. The van der Waals surface area contributed by atoms with Crippen molar-refractivity contribution in [3.05, 3.63) is 0 Å². The van der Waals surface area contributed by atoms with Crippen molar-refractivity contribution in [1.29, 1.82) is 0 Å². The minimum Gasteiger partial charge on any atom is -0.337 e. The molecule has 0 rings (SSSR count). The van der Waals surface area contributed by atoms with Crippen LogP contribution in [0, 0.1) is 0 Å². The van der Waals surface area contributed by atoms with Crippen molar-refractivity contribution in [3.8, 4) is 0 Å². The molecule has 0 aliphatic carbocycles. The molecule has 0 aliphatic heterocycles. The van der Waals surface area contributed by atoms with Gasteiger partial charge in [-0.3, -0.25) is 9.59 Å². The average Bonchev–Trinajstić information content (AvgIpc) is 2.52. The molecule has 0 aliphatic rings. The van der Waals surface area contributed by atoms with Crippen LogP contribution in [-0.2, 0) is 9.59 Å². The van der Waals surface area contributed by atoms with E-state index in [-0.39, 0.29) is 26.2 Å². The lowest BCUT2D eigenvalue weighted by atomic mass is 10.1. The summed E-state index contributed by atoms with van der Waals surface area (Å²) in [6.07, 6.45) is 1.44. The molecule has 0 unspecified atom stereocenters. The topological polar surface area (TPSA) is 40.6 Å². The number of amides is 2. The molecule has 0 aromatic rings. The highest BCUT2D eigenvalue weighted by Gasteiger charge is 2.68. The molecule has 0 saturated carbocycles. The van der Waals surface area contributed by atoms with Gasteiger partial charge in [-0.1, -0.05) is 27.7 Å². The fourth-order valence-electron chi connectivity index (χ4n) is 2.38. The number of halogens is 4. The van der Waals surface area contributed by atoms with E-state index in [1.54, 1.807) is 27.7 Å². The molecule has 0 bridgehead atoms. The minimum absolute atomic E-state index is 0.0554. The number of hydrogen-bond donors (Lipinski definition) is 0. The van der Waals surface area contributed by atoms with E-state index in [0.717, 1.165) is 0 Å². The van der Waals surface area contributed by atoms with Gasteiger partial charge in [-0.2, -0.15) is 17.6 Å². The standard InChI is InChI=1S/C16H28F4N2O2/c1-5-9-21(10-6-2)13(23)15(17,18)16(19,20)14(24)22(11-7-3)12-8-4/h5-12H2,1-4H3. The molecule has 0 aromatic carbocycles. The SMILES string of the molecule is CCCN(CCC)C(=O)C(F)(F)C(F)(F)C(=O)N(CCC)CCC. The van der Waals surface area contributed by atoms with Crippen LogP contribution < -0.4 is 0 Å². The maximum absolute atomic E-state index is 14.2. The van der Waals surface area contributed by atoms with Gasteiger partial charge in [-0.15, -0.1) is 0 Å². The van der Waals surface area contributed by atoms with E-state index in [2.05, 4.69) is 0 Å². The van der Waals surface area contributed by atoms with Crippen LogP contribution in [0.3, 0.4) is 0 Å². The summed E-state index contributed by atoms with van der Waals surface area (Å²) in [7, 11) is 0. The molecular weight excluding hydrogens is 328 g/mol. The van der Waals surface area contributed by atoms with E-state index in [0.29, 0.717) is 35.5 Å². The quantitative estimate of drug-likeness (QED) is 0.531. The largest absolute Gasteiger partial charge is 0.395 e. The third-order valence-electron chi connectivity index (χ3n) is 3.48. The van der Waals surface area contributed by atoms with Crippen molar-refractivity contribution < 1.29 is 27.2 Å². The summed E-state index contributed by atoms with van der Waals surface area (Å²) in [5.74, 6) is -14.1. The lowest BCUT2D eigenvalue weighted by Gasteiger charge is -2.33. The molecule has 0 atom stereocenters. The number of rotatable bonds is 11. The van der Waals surface area contributed by atoms with E-state index in [1.165, 1.54) is 0 Å². The fourth-order valence-corrected chi connectivity index (χ4v) is 2.38. The van der Waals surface area contributed by atoms with E-state index in [9.17, 15) is 27.2 Å². The summed E-state index contributed by atoms with van der Waals surface area (Å²) in [6, 6.07) is 0. The first-order chi connectivity index (χ1) is 11.1. The summed E-state index contributed by atoms with van der Waals surface area (Å²) in [6.45, 7) is 6.40. The molecule has 8 heteroatoms. The van der Waals surface area contributed by atoms with Gasteiger partial charge in [-0.25, -0.2) is 0 Å². The van der Waals surface area contributed by atoms with Gasteiger partial charge in [0.2, 0.25) is 0 Å². The van der Waals surface area contributed by atoms with Gasteiger partial charge in [0.05, 0.1) is 0 Å². The molecular formula is C16H28F4N2O2. The van der Waals surface area contributed by atoms with Crippen molar-refractivity contribution in [1.82, 2.24) is 9.80 Å². The Hall–Kier alpha value is -1.34. The van der Waals surface area contributed by atoms with Gasteiger partial charge in [0, 0.05) is 26.2 Å². The molecule has 0 spiro atoms. The van der Waals surface area contributed by atoms with Crippen LogP contribution in [0.1, 0.15) is 53.4 Å². The number of nitrogens with zero attached hydrogens (tertiary/aromatic N) is 2. The van der Waals surface area contributed by atoms with E-state index >= 15 is 0 Å². The second kappa shape index (κ2) is 9.84. The average molecular weight is 356 g/mol. The summed E-state index contributed by atoms with van der Waals surface area (Å²) in [4.78, 5) is 25.3. The zero-order valence-electron chi connectivity index (χ0n) is 14.9. The number of hydrogen-bond acceptors (Lipinski definition) is 2. The Bertz CT molecular complexity index is 367. The molecule has 0 saturated heterocycles. The maximum Gasteiger partial charge on any atom is 0.395 e. The number of carbonyl (C=O) groups excluding carboxylic acids is 2.